The van der Waals surface area contributed by atoms with Gasteiger partial charge in [-0.1, -0.05) is 11.6 Å². The number of nitrogens with one attached hydrogen (secondary N) is 1. The van der Waals surface area contributed by atoms with Crippen LogP contribution in [0.3, 0.4) is 0 Å². The predicted octanol–water partition coefficient (Wildman–Crippen LogP) is 2.02. The molecule has 1 aromatic carbocycles. The number of nitrogens with zero attached hydrogens (tertiary/aromatic N) is 1. The second-order valence-electron chi connectivity index (χ2n) is 2.22. The minimum Gasteiger partial charge on any atom is -0.390 e. The maximum Gasteiger partial charge on any atom is 0.198 e. The van der Waals surface area contributed by atoms with Crippen LogP contribution in [0.4, 0.5) is 5.69 Å². The molecule has 0 aliphatic rings. The lowest BCUT2D eigenvalue weighted by Gasteiger charge is -2.02. The lowest BCUT2D eigenvalue weighted by atomic mass is 10.3. The van der Waals surface area contributed by atoms with Crippen molar-refractivity contribution in [2.24, 2.45) is 10.7 Å². The van der Waals surface area contributed by atoms with Crippen LogP contribution in [0.25, 0.3) is 0 Å². The van der Waals surface area contributed by atoms with E-state index in [1.165, 1.54) is 0 Å². The molecule has 68 valence electrons. The van der Waals surface area contributed by atoms with Crippen LogP contribution in [0.15, 0.2) is 29.3 Å². The van der Waals surface area contributed by atoms with Crippen molar-refractivity contribution < 1.29 is 0 Å². The molecule has 0 unspecified atom stereocenters. The fraction of sp³-hybridized carbons (Fsp3) is 0. The predicted molar refractivity (Wildman–Crippen MR) is 60.4 cm³/mol. The van der Waals surface area contributed by atoms with Gasteiger partial charge in [0.15, 0.2) is 5.11 Å². The van der Waals surface area contributed by atoms with Crippen molar-refractivity contribution in [1.82, 2.24) is 0 Å². The molecule has 5 heteroatoms. The first kappa shape index (κ1) is 9.95. The minimum atomic E-state index is 0.324. The summed E-state index contributed by atoms with van der Waals surface area (Å²) in [6.07, 6.45) is 1.14. The number of benzene rings is 1. The quantitative estimate of drug-likeness (QED) is 0.426. The summed E-state index contributed by atoms with van der Waals surface area (Å²) in [5.74, 6) is 0. The number of rotatable bonds is 1. The summed E-state index contributed by atoms with van der Waals surface area (Å²) in [6.45, 7) is 0. The second kappa shape index (κ2) is 4.79. The van der Waals surface area contributed by atoms with Crippen molar-refractivity contribution in [1.29, 1.82) is 0 Å². The van der Waals surface area contributed by atoms with E-state index in [2.05, 4.69) is 10.3 Å². The summed E-state index contributed by atoms with van der Waals surface area (Å²) in [5, 5.41) is 3.87. The third kappa shape index (κ3) is 3.40. The third-order valence-electron chi connectivity index (χ3n) is 1.29. The van der Waals surface area contributed by atoms with E-state index < -0.39 is 0 Å². The van der Waals surface area contributed by atoms with E-state index in [0.717, 1.165) is 12.0 Å². The highest BCUT2D eigenvalue weighted by molar-refractivity contribution is 7.80. The van der Waals surface area contributed by atoms with Gasteiger partial charge in [0, 0.05) is 10.7 Å². The summed E-state index contributed by atoms with van der Waals surface area (Å²) >= 11 is 10.5. The third-order valence-corrected chi connectivity index (χ3v) is 1.75. The van der Waals surface area contributed by atoms with Crippen LogP contribution >= 0.6 is 23.8 Å². The van der Waals surface area contributed by atoms with Gasteiger partial charge in [-0.15, -0.1) is 0 Å². The van der Waals surface area contributed by atoms with Crippen LogP contribution in [0, 0.1) is 0 Å². The van der Waals surface area contributed by atoms with E-state index in [1.54, 1.807) is 24.3 Å². The summed E-state index contributed by atoms with van der Waals surface area (Å²) < 4.78 is 0. The van der Waals surface area contributed by atoms with E-state index in [-0.39, 0.29) is 0 Å². The molecule has 0 aromatic heterocycles. The molecule has 0 aliphatic carbocycles. The van der Waals surface area contributed by atoms with Gasteiger partial charge in [-0.25, -0.2) is 4.99 Å². The SMILES string of the molecule is N/C=N/C(=S)Nc1ccc(Cl)cc1. The van der Waals surface area contributed by atoms with E-state index in [1.807, 2.05) is 0 Å². The first-order chi connectivity index (χ1) is 6.22. The Hall–Kier alpha value is -1.13. The van der Waals surface area contributed by atoms with Gasteiger partial charge in [0.2, 0.25) is 0 Å². The van der Waals surface area contributed by atoms with Gasteiger partial charge >= 0.3 is 0 Å². The zero-order valence-corrected chi connectivity index (χ0v) is 8.27. The summed E-state index contributed by atoms with van der Waals surface area (Å²) in [5.41, 5.74) is 5.90. The van der Waals surface area contributed by atoms with Crippen molar-refractivity contribution in [3.8, 4) is 0 Å². The molecular weight excluding hydrogens is 206 g/mol. The minimum absolute atomic E-state index is 0.324. The molecule has 0 spiro atoms. The summed E-state index contributed by atoms with van der Waals surface area (Å²) in [7, 11) is 0. The molecular formula is C8H8ClN3S. The number of hydrogen-bond acceptors (Lipinski definition) is 1. The van der Waals surface area contributed by atoms with E-state index in [4.69, 9.17) is 29.6 Å². The number of nitrogens with two attached hydrogens (primary N) is 1. The Bertz CT molecular complexity index is 321. The molecule has 0 radical (unpaired) electrons. The van der Waals surface area contributed by atoms with Crippen molar-refractivity contribution in [3.05, 3.63) is 29.3 Å². The molecule has 0 fully saturated rings. The molecule has 0 bridgehead atoms. The molecule has 0 heterocycles. The van der Waals surface area contributed by atoms with Crippen LogP contribution < -0.4 is 11.1 Å². The molecule has 0 aliphatic heterocycles. The number of aliphatic imine (C=N–C) groups is 1. The number of halogens is 1. The van der Waals surface area contributed by atoms with Crippen molar-refractivity contribution in [2.45, 2.75) is 0 Å². The zero-order chi connectivity index (χ0) is 9.68. The molecule has 0 saturated carbocycles. The van der Waals surface area contributed by atoms with Crippen LogP contribution in [0.1, 0.15) is 0 Å². The molecule has 0 atom stereocenters. The maximum atomic E-state index is 5.70. The topological polar surface area (TPSA) is 50.4 Å². The van der Waals surface area contributed by atoms with Crippen LogP contribution in [-0.4, -0.2) is 11.5 Å². The van der Waals surface area contributed by atoms with Gasteiger partial charge in [-0.05, 0) is 36.5 Å². The van der Waals surface area contributed by atoms with Gasteiger partial charge in [0.25, 0.3) is 0 Å². The van der Waals surface area contributed by atoms with Crippen LogP contribution in [0.5, 0.6) is 0 Å². The molecule has 1 rings (SSSR count). The Morgan fingerprint density at radius 3 is 2.62 bits per heavy atom. The van der Waals surface area contributed by atoms with Crippen molar-refractivity contribution in [3.63, 3.8) is 0 Å². The van der Waals surface area contributed by atoms with E-state index in [9.17, 15) is 0 Å². The van der Waals surface area contributed by atoms with Gasteiger partial charge in [0.1, 0.15) is 0 Å². The number of anilines is 1. The highest BCUT2D eigenvalue weighted by Gasteiger charge is 1.93. The number of thiocarbonyl (C=S) groups is 1. The van der Waals surface area contributed by atoms with Crippen LogP contribution in [0.2, 0.25) is 5.02 Å². The van der Waals surface area contributed by atoms with E-state index >= 15 is 0 Å². The lowest BCUT2D eigenvalue weighted by Crippen LogP contribution is -2.07. The molecule has 3 N–H and O–H groups in total. The fourth-order valence-electron chi connectivity index (χ4n) is 0.757. The molecule has 3 nitrogen and oxygen atoms in total. The van der Waals surface area contributed by atoms with Crippen LogP contribution in [-0.2, 0) is 0 Å². The Balaban J connectivity index is 2.64. The monoisotopic (exact) mass is 213 g/mol. The molecule has 13 heavy (non-hydrogen) atoms. The molecule has 0 amide bonds. The number of hydrogen-bond donors (Lipinski definition) is 2. The summed E-state index contributed by atoms with van der Waals surface area (Å²) in [4.78, 5) is 3.68. The second-order valence-corrected chi connectivity index (χ2v) is 3.04. The molecule has 0 saturated heterocycles. The first-order valence-electron chi connectivity index (χ1n) is 3.53. The fourth-order valence-corrected chi connectivity index (χ4v) is 1.06. The zero-order valence-electron chi connectivity index (χ0n) is 6.70. The van der Waals surface area contributed by atoms with Gasteiger partial charge in [-0.3, -0.25) is 0 Å². The standard InChI is InChI=1S/C8H8ClN3S/c9-6-1-3-7(4-2-6)12-8(13)11-5-10/h1-5H,(H3,10,11,12,13). The van der Waals surface area contributed by atoms with Gasteiger partial charge in [-0.2, -0.15) is 0 Å². The Morgan fingerprint density at radius 1 is 1.46 bits per heavy atom. The highest BCUT2D eigenvalue weighted by Crippen LogP contribution is 2.13. The van der Waals surface area contributed by atoms with E-state index in [0.29, 0.717) is 10.1 Å². The molecule has 1 aromatic rings. The summed E-state index contributed by atoms with van der Waals surface area (Å²) in [6, 6.07) is 7.14. The average molecular weight is 214 g/mol. The average Bonchev–Trinajstić information content (AvgIpc) is 2.09. The van der Waals surface area contributed by atoms with Crippen molar-refractivity contribution >= 4 is 41.0 Å². The van der Waals surface area contributed by atoms with Gasteiger partial charge in [0.05, 0.1) is 6.34 Å². The normalized spacial score (nSPS) is 10.2. The maximum absolute atomic E-state index is 5.70. The first-order valence-corrected chi connectivity index (χ1v) is 4.32. The highest BCUT2D eigenvalue weighted by atomic mass is 35.5. The van der Waals surface area contributed by atoms with Gasteiger partial charge < -0.3 is 11.1 Å². The Morgan fingerprint density at radius 2 is 2.08 bits per heavy atom. The van der Waals surface area contributed by atoms with Crippen molar-refractivity contribution in [2.75, 3.05) is 5.32 Å². The largest absolute Gasteiger partial charge is 0.390 e. The lowest BCUT2D eigenvalue weighted by molar-refractivity contribution is 1.59. The smallest absolute Gasteiger partial charge is 0.198 e. The Labute approximate surface area is 86.6 Å². The Kier molecular flexibility index (Phi) is 3.67.